The smallest absolute Gasteiger partial charge is 0.194 e. The number of nitrogens with zero attached hydrogens (tertiary/aromatic N) is 5. The number of hydrogen-bond donors (Lipinski definition) is 1. The molecule has 4 rings (SSSR count). The fourth-order valence-electron chi connectivity index (χ4n) is 3.19. The van der Waals surface area contributed by atoms with Crippen LogP contribution in [0.3, 0.4) is 0 Å². The quantitative estimate of drug-likeness (QED) is 0.553. The van der Waals surface area contributed by atoms with E-state index in [1.807, 2.05) is 36.0 Å². The van der Waals surface area contributed by atoms with Gasteiger partial charge in [-0.2, -0.15) is 0 Å². The molecule has 0 radical (unpaired) electrons. The number of halogens is 1. The lowest BCUT2D eigenvalue weighted by Gasteiger charge is -2.36. The molecule has 136 valence electrons. The van der Waals surface area contributed by atoms with Crippen molar-refractivity contribution in [2.45, 2.75) is 6.54 Å². The molecule has 0 saturated carbocycles. The average molecular weight is 389 g/mol. The normalized spacial score (nSPS) is 15.7. The number of fused-ring (bicyclic) bond motifs is 1. The SMILES string of the molecule is CN=C(NCc1cn2cc(Cl)ccc2n1)N1CCN(c2cccs2)CC1. The van der Waals surface area contributed by atoms with Crippen LogP contribution in [0, 0.1) is 0 Å². The molecule has 3 aromatic heterocycles. The molecule has 3 aromatic rings. The molecule has 1 saturated heterocycles. The van der Waals surface area contributed by atoms with E-state index >= 15 is 0 Å². The Balaban J connectivity index is 1.36. The highest BCUT2D eigenvalue weighted by Crippen LogP contribution is 2.22. The summed E-state index contributed by atoms with van der Waals surface area (Å²) in [5, 5.41) is 7.61. The molecule has 1 aliphatic rings. The summed E-state index contributed by atoms with van der Waals surface area (Å²) in [4.78, 5) is 13.8. The van der Waals surface area contributed by atoms with Crippen LogP contribution in [0.5, 0.6) is 0 Å². The highest BCUT2D eigenvalue weighted by atomic mass is 35.5. The van der Waals surface area contributed by atoms with Gasteiger partial charge in [-0.05, 0) is 29.6 Å². The summed E-state index contributed by atoms with van der Waals surface area (Å²) >= 11 is 7.83. The second-order valence-corrected chi connectivity index (χ2v) is 7.53. The average Bonchev–Trinajstić information content (AvgIpc) is 3.32. The zero-order valence-corrected chi connectivity index (χ0v) is 16.2. The third kappa shape index (κ3) is 3.64. The van der Waals surface area contributed by atoms with E-state index in [-0.39, 0.29) is 0 Å². The molecule has 6 nitrogen and oxygen atoms in total. The Morgan fingerprint density at radius 1 is 1.23 bits per heavy atom. The minimum atomic E-state index is 0.636. The van der Waals surface area contributed by atoms with Crippen LogP contribution in [0.15, 0.2) is 47.0 Å². The molecular weight excluding hydrogens is 368 g/mol. The summed E-state index contributed by atoms with van der Waals surface area (Å²) in [6.45, 7) is 4.57. The summed E-state index contributed by atoms with van der Waals surface area (Å²) in [5.41, 5.74) is 1.86. The Hall–Kier alpha value is -2.25. The van der Waals surface area contributed by atoms with E-state index in [0.29, 0.717) is 11.6 Å². The van der Waals surface area contributed by atoms with Crippen LogP contribution in [-0.4, -0.2) is 53.5 Å². The lowest BCUT2D eigenvalue weighted by molar-refractivity contribution is 0.373. The Morgan fingerprint density at radius 2 is 2.08 bits per heavy atom. The number of anilines is 1. The van der Waals surface area contributed by atoms with Gasteiger partial charge in [-0.15, -0.1) is 11.3 Å². The van der Waals surface area contributed by atoms with E-state index in [1.54, 1.807) is 11.3 Å². The number of piperazine rings is 1. The maximum atomic E-state index is 6.03. The molecule has 0 atom stereocenters. The minimum Gasteiger partial charge on any atom is -0.360 e. The molecule has 1 N–H and O–H groups in total. The molecule has 0 amide bonds. The molecule has 0 bridgehead atoms. The number of thiophene rings is 1. The third-order valence-corrected chi connectivity index (χ3v) is 5.65. The zero-order valence-electron chi connectivity index (χ0n) is 14.6. The number of imidazole rings is 1. The standard InChI is InChI=1S/C18H21ClN6S/c1-20-18(24-8-6-23(7-9-24)17-3-2-10-26-17)21-11-15-13-25-12-14(19)4-5-16(25)22-15/h2-5,10,12-13H,6-9,11H2,1H3,(H,20,21). The number of aromatic nitrogens is 2. The second kappa shape index (κ2) is 7.55. The van der Waals surface area contributed by atoms with Crippen molar-refractivity contribution in [3.05, 3.63) is 52.8 Å². The van der Waals surface area contributed by atoms with Gasteiger partial charge >= 0.3 is 0 Å². The zero-order chi connectivity index (χ0) is 17.9. The lowest BCUT2D eigenvalue weighted by Crippen LogP contribution is -2.52. The van der Waals surface area contributed by atoms with E-state index in [1.165, 1.54) is 5.00 Å². The molecule has 26 heavy (non-hydrogen) atoms. The van der Waals surface area contributed by atoms with Crippen LogP contribution in [-0.2, 0) is 6.54 Å². The van der Waals surface area contributed by atoms with Crippen molar-refractivity contribution in [1.29, 1.82) is 0 Å². The Bertz CT molecular complexity index is 896. The minimum absolute atomic E-state index is 0.636. The highest BCUT2D eigenvalue weighted by Gasteiger charge is 2.20. The molecule has 0 aromatic carbocycles. The molecule has 0 unspecified atom stereocenters. The van der Waals surface area contributed by atoms with Gasteiger partial charge in [-0.1, -0.05) is 11.6 Å². The van der Waals surface area contributed by atoms with Gasteiger partial charge in [0.1, 0.15) is 5.65 Å². The van der Waals surface area contributed by atoms with E-state index in [2.05, 4.69) is 42.6 Å². The fraction of sp³-hybridized carbons (Fsp3) is 0.333. The summed E-state index contributed by atoms with van der Waals surface area (Å²) in [5.74, 6) is 0.922. The van der Waals surface area contributed by atoms with Crippen LogP contribution in [0.4, 0.5) is 5.00 Å². The van der Waals surface area contributed by atoms with Crippen molar-refractivity contribution in [3.63, 3.8) is 0 Å². The third-order valence-electron chi connectivity index (χ3n) is 4.50. The Morgan fingerprint density at radius 3 is 2.81 bits per heavy atom. The van der Waals surface area contributed by atoms with Crippen LogP contribution in [0.25, 0.3) is 5.65 Å². The van der Waals surface area contributed by atoms with E-state index in [0.717, 1.165) is 43.5 Å². The lowest BCUT2D eigenvalue weighted by atomic mass is 10.3. The molecule has 1 aliphatic heterocycles. The van der Waals surface area contributed by atoms with E-state index in [4.69, 9.17) is 11.6 Å². The van der Waals surface area contributed by atoms with Crippen LogP contribution >= 0.6 is 22.9 Å². The van der Waals surface area contributed by atoms with Crippen LogP contribution in [0.1, 0.15) is 5.69 Å². The van der Waals surface area contributed by atoms with Gasteiger partial charge in [-0.25, -0.2) is 4.98 Å². The molecule has 0 aliphatic carbocycles. The summed E-state index contributed by atoms with van der Waals surface area (Å²) < 4.78 is 1.95. The summed E-state index contributed by atoms with van der Waals surface area (Å²) in [7, 11) is 1.83. The first-order valence-corrected chi connectivity index (χ1v) is 9.86. The predicted molar refractivity (Wildman–Crippen MR) is 109 cm³/mol. The molecule has 4 heterocycles. The number of nitrogens with one attached hydrogen (secondary N) is 1. The maximum Gasteiger partial charge on any atom is 0.194 e. The van der Waals surface area contributed by atoms with Gasteiger partial charge in [0.25, 0.3) is 0 Å². The summed E-state index contributed by atoms with van der Waals surface area (Å²) in [6, 6.07) is 8.06. The molecule has 8 heteroatoms. The molecular formula is C18H21ClN6S. The topological polar surface area (TPSA) is 48.2 Å². The van der Waals surface area contributed by atoms with Gasteiger partial charge in [0.05, 0.1) is 22.3 Å². The van der Waals surface area contributed by atoms with Gasteiger partial charge in [-0.3, -0.25) is 4.99 Å². The second-order valence-electron chi connectivity index (χ2n) is 6.17. The van der Waals surface area contributed by atoms with E-state index < -0.39 is 0 Å². The first kappa shape index (κ1) is 17.2. The number of guanidine groups is 1. The van der Waals surface area contributed by atoms with Crippen LogP contribution < -0.4 is 10.2 Å². The van der Waals surface area contributed by atoms with Crippen LogP contribution in [0.2, 0.25) is 5.02 Å². The van der Waals surface area contributed by atoms with Crippen molar-refractivity contribution in [2.24, 2.45) is 4.99 Å². The van der Waals surface area contributed by atoms with Gasteiger partial charge in [0.2, 0.25) is 0 Å². The van der Waals surface area contributed by atoms with Crippen molar-refractivity contribution in [2.75, 3.05) is 38.1 Å². The first-order chi connectivity index (χ1) is 12.7. The van der Waals surface area contributed by atoms with Crippen molar-refractivity contribution >= 4 is 39.5 Å². The fourth-order valence-corrected chi connectivity index (χ4v) is 4.15. The number of aliphatic imine (C=N–C) groups is 1. The van der Waals surface area contributed by atoms with Crippen molar-refractivity contribution < 1.29 is 0 Å². The van der Waals surface area contributed by atoms with E-state index in [9.17, 15) is 0 Å². The highest BCUT2D eigenvalue weighted by molar-refractivity contribution is 7.14. The number of hydrogen-bond acceptors (Lipinski definition) is 4. The van der Waals surface area contributed by atoms with Crippen molar-refractivity contribution in [1.82, 2.24) is 19.6 Å². The maximum absolute atomic E-state index is 6.03. The predicted octanol–water partition coefficient (Wildman–Crippen LogP) is 2.95. The Kier molecular flexibility index (Phi) is 4.99. The van der Waals surface area contributed by atoms with Crippen molar-refractivity contribution in [3.8, 4) is 0 Å². The van der Waals surface area contributed by atoms with Gasteiger partial charge in [0.15, 0.2) is 5.96 Å². The first-order valence-electron chi connectivity index (χ1n) is 8.60. The summed E-state index contributed by atoms with van der Waals surface area (Å²) in [6.07, 6.45) is 3.86. The molecule has 1 fully saturated rings. The molecule has 0 spiro atoms. The Labute approximate surface area is 161 Å². The van der Waals surface area contributed by atoms with Gasteiger partial charge < -0.3 is 19.5 Å². The number of pyridine rings is 1. The monoisotopic (exact) mass is 388 g/mol. The van der Waals surface area contributed by atoms with Gasteiger partial charge in [0, 0.05) is 45.6 Å². The number of rotatable bonds is 3. The largest absolute Gasteiger partial charge is 0.360 e.